The van der Waals surface area contributed by atoms with Crippen molar-refractivity contribution in [2.24, 2.45) is 10.9 Å². The van der Waals surface area contributed by atoms with Crippen molar-refractivity contribution < 1.29 is 14.3 Å². The highest BCUT2D eigenvalue weighted by Gasteiger charge is 2.42. The zero-order valence-corrected chi connectivity index (χ0v) is 14.0. The number of aliphatic imine (C=N–C) groups is 1. The van der Waals surface area contributed by atoms with Crippen LogP contribution in [0.4, 0.5) is 0 Å². The van der Waals surface area contributed by atoms with Gasteiger partial charge in [0.15, 0.2) is 5.92 Å². The molecule has 0 unspecified atom stereocenters. The van der Waals surface area contributed by atoms with Gasteiger partial charge in [-0.2, -0.15) is 0 Å². The van der Waals surface area contributed by atoms with E-state index in [1.807, 2.05) is 17.5 Å². The van der Waals surface area contributed by atoms with Gasteiger partial charge in [0.2, 0.25) is 11.9 Å². The lowest BCUT2D eigenvalue weighted by molar-refractivity contribution is -0.153. The fraction of sp³-hybridized carbons (Fsp3) is 0.562. The molecule has 1 saturated heterocycles. The Morgan fingerprint density at radius 2 is 2.22 bits per heavy atom. The van der Waals surface area contributed by atoms with Crippen molar-refractivity contribution in [1.82, 2.24) is 10.2 Å². The molecule has 7 heteroatoms. The van der Waals surface area contributed by atoms with E-state index >= 15 is 0 Å². The van der Waals surface area contributed by atoms with Crippen LogP contribution in [0.5, 0.6) is 0 Å². The molecule has 23 heavy (non-hydrogen) atoms. The number of carbonyl (C=O) groups is 2. The number of piperidine rings is 1. The second-order valence-electron chi connectivity index (χ2n) is 5.68. The van der Waals surface area contributed by atoms with Crippen LogP contribution in [0.3, 0.4) is 0 Å². The Morgan fingerprint density at radius 3 is 2.87 bits per heavy atom. The Labute approximate surface area is 139 Å². The molecule has 124 valence electrons. The molecule has 2 atom stereocenters. The van der Waals surface area contributed by atoms with Crippen molar-refractivity contribution in [1.29, 1.82) is 0 Å². The summed E-state index contributed by atoms with van der Waals surface area (Å²) in [6.45, 7) is 3.77. The zero-order valence-electron chi connectivity index (χ0n) is 13.2. The molecule has 0 bridgehead atoms. The predicted octanol–water partition coefficient (Wildman–Crippen LogP) is 1.94. The Balaban J connectivity index is 1.91. The van der Waals surface area contributed by atoms with Gasteiger partial charge in [-0.3, -0.25) is 14.9 Å². The van der Waals surface area contributed by atoms with Crippen LogP contribution >= 0.6 is 11.3 Å². The second-order valence-corrected chi connectivity index (χ2v) is 6.66. The van der Waals surface area contributed by atoms with E-state index in [0.717, 1.165) is 30.8 Å². The average molecular weight is 335 g/mol. The minimum Gasteiger partial charge on any atom is -0.465 e. The molecular formula is C16H21N3O3S. The maximum Gasteiger partial charge on any atom is 0.321 e. The standard InChI is InChI=1S/C16H21N3O3S/c1-2-22-15(21)12-13(11-7-6-10-23-11)17-16(18-14(12)20)19-8-4-3-5-9-19/h6-7,10,12-13H,2-5,8-9H2,1H3,(H,17,18,20)/t12-,13-/m1/s1. The summed E-state index contributed by atoms with van der Waals surface area (Å²) in [5, 5.41) is 4.74. The molecule has 6 nitrogen and oxygen atoms in total. The smallest absolute Gasteiger partial charge is 0.321 e. The van der Waals surface area contributed by atoms with E-state index in [1.54, 1.807) is 6.92 Å². The first kappa shape index (κ1) is 16.0. The number of rotatable bonds is 3. The van der Waals surface area contributed by atoms with Crippen LogP contribution in [0.25, 0.3) is 0 Å². The third-order valence-corrected chi connectivity index (χ3v) is 5.07. The first-order chi connectivity index (χ1) is 11.2. The van der Waals surface area contributed by atoms with Crippen LogP contribution < -0.4 is 5.32 Å². The molecule has 0 spiro atoms. The van der Waals surface area contributed by atoms with E-state index in [0.29, 0.717) is 5.96 Å². The first-order valence-corrected chi connectivity index (χ1v) is 8.92. The fourth-order valence-corrected chi connectivity index (χ4v) is 3.79. The molecule has 0 radical (unpaired) electrons. The molecule has 1 fully saturated rings. The van der Waals surface area contributed by atoms with Crippen molar-refractivity contribution in [3.05, 3.63) is 22.4 Å². The monoisotopic (exact) mass is 335 g/mol. The third kappa shape index (κ3) is 3.39. The maximum atomic E-state index is 12.6. The summed E-state index contributed by atoms with van der Waals surface area (Å²) in [6, 6.07) is 3.32. The summed E-state index contributed by atoms with van der Waals surface area (Å²) in [7, 11) is 0. The number of amides is 1. The van der Waals surface area contributed by atoms with Gasteiger partial charge in [0.05, 0.1) is 6.61 Å². The number of nitrogens with one attached hydrogen (secondary N) is 1. The number of guanidine groups is 1. The van der Waals surface area contributed by atoms with Gasteiger partial charge in [0, 0.05) is 18.0 Å². The molecule has 0 saturated carbocycles. The van der Waals surface area contributed by atoms with Gasteiger partial charge in [-0.15, -0.1) is 11.3 Å². The summed E-state index contributed by atoms with van der Waals surface area (Å²) in [6.07, 6.45) is 3.40. The summed E-state index contributed by atoms with van der Waals surface area (Å²) in [4.78, 5) is 32.5. The van der Waals surface area contributed by atoms with Gasteiger partial charge >= 0.3 is 5.97 Å². The molecule has 3 heterocycles. The molecule has 1 amide bonds. The van der Waals surface area contributed by atoms with Crippen molar-refractivity contribution in [2.75, 3.05) is 19.7 Å². The van der Waals surface area contributed by atoms with E-state index < -0.39 is 17.9 Å². The van der Waals surface area contributed by atoms with Gasteiger partial charge in [0.1, 0.15) is 6.04 Å². The minimum absolute atomic E-state index is 0.252. The number of carbonyl (C=O) groups excluding carboxylic acids is 2. The third-order valence-electron chi connectivity index (χ3n) is 4.13. The lowest BCUT2D eigenvalue weighted by Gasteiger charge is -2.34. The summed E-state index contributed by atoms with van der Waals surface area (Å²) in [5.74, 6) is -1.15. The molecule has 1 N–H and O–H groups in total. The Morgan fingerprint density at radius 1 is 1.43 bits per heavy atom. The van der Waals surface area contributed by atoms with Gasteiger partial charge in [-0.1, -0.05) is 6.07 Å². The van der Waals surface area contributed by atoms with E-state index in [-0.39, 0.29) is 12.5 Å². The summed E-state index contributed by atoms with van der Waals surface area (Å²) < 4.78 is 5.08. The highest BCUT2D eigenvalue weighted by atomic mass is 32.1. The van der Waals surface area contributed by atoms with E-state index in [2.05, 4.69) is 10.2 Å². The number of esters is 1. The van der Waals surface area contributed by atoms with Crippen molar-refractivity contribution in [3.63, 3.8) is 0 Å². The Kier molecular flexibility index (Phi) is 4.95. The molecule has 1 aromatic heterocycles. The van der Waals surface area contributed by atoms with Gasteiger partial charge in [-0.25, -0.2) is 4.99 Å². The largest absolute Gasteiger partial charge is 0.465 e. The maximum absolute atomic E-state index is 12.6. The number of hydrogen-bond donors (Lipinski definition) is 1. The highest BCUT2D eigenvalue weighted by Crippen LogP contribution is 2.33. The number of nitrogens with zero attached hydrogens (tertiary/aromatic N) is 2. The average Bonchev–Trinajstić information content (AvgIpc) is 3.09. The topological polar surface area (TPSA) is 71.0 Å². The van der Waals surface area contributed by atoms with Crippen LogP contribution in [0, 0.1) is 5.92 Å². The van der Waals surface area contributed by atoms with E-state index in [9.17, 15) is 9.59 Å². The summed E-state index contributed by atoms with van der Waals surface area (Å²) >= 11 is 1.51. The van der Waals surface area contributed by atoms with Gasteiger partial charge < -0.3 is 9.64 Å². The number of hydrogen-bond acceptors (Lipinski definition) is 6. The number of likely N-dealkylation sites (tertiary alicyclic amines) is 1. The van der Waals surface area contributed by atoms with Gasteiger partial charge in [-0.05, 0) is 37.6 Å². The van der Waals surface area contributed by atoms with Crippen molar-refractivity contribution in [3.8, 4) is 0 Å². The first-order valence-electron chi connectivity index (χ1n) is 8.04. The highest BCUT2D eigenvalue weighted by molar-refractivity contribution is 7.10. The zero-order chi connectivity index (χ0) is 16.2. The minimum atomic E-state index is -0.915. The molecule has 2 aliphatic heterocycles. The predicted molar refractivity (Wildman–Crippen MR) is 88.2 cm³/mol. The molecular weight excluding hydrogens is 314 g/mol. The van der Waals surface area contributed by atoms with Crippen LogP contribution in [0.15, 0.2) is 22.5 Å². The molecule has 0 aromatic carbocycles. The van der Waals surface area contributed by atoms with Crippen LogP contribution in [0.2, 0.25) is 0 Å². The molecule has 3 rings (SSSR count). The van der Waals surface area contributed by atoms with Crippen LogP contribution in [-0.2, 0) is 14.3 Å². The van der Waals surface area contributed by atoms with E-state index in [1.165, 1.54) is 17.8 Å². The molecule has 1 aromatic rings. The quantitative estimate of drug-likeness (QED) is 0.677. The SMILES string of the molecule is CCOC(=O)[C@H]1C(=O)NC(N2CCCCC2)=N[C@@H]1c1cccs1. The lowest BCUT2D eigenvalue weighted by atomic mass is 9.96. The van der Waals surface area contributed by atoms with Crippen molar-refractivity contribution >= 4 is 29.2 Å². The normalized spacial score (nSPS) is 24.8. The second kappa shape index (κ2) is 7.12. The van der Waals surface area contributed by atoms with Gasteiger partial charge in [0.25, 0.3) is 0 Å². The van der Waals surface area contributed by atoms with Crippen molar-refractivity contribution in [2.45, 2.75) is 32.2 Å². The number of ether oxygens (including phenoxy) is 1. The molecule has 2 aliphatic rings. The van der Waals surface area contributed by atoms with E-state index in [4.69, 9.17) is 9.73 Å². The number of thiophene rings is 1. The lowest BCUT2D eigenvalue weighted by Crippen LogP contribution is -2.53. The molecule has 0 aliphatic carbocycles. The Bertz CT molecular complexity index is 594. The van der Waals surface area contributed by atoms with Crippen LogP contribution in [0.1, 0.15) is 37.1 Å². The van der Waals surface area contributed by atoms with Crippen LogP contribution in [-0.4, -0.2) is 42.4 Å². The Hall–Kier alpha value is -1.89. The fourth-order valence-electron chi connectivity index (χ4n) is 2.99. The summed E-state index contributed by atoms with van der Waals surface area (Å²) in [5.41, 5.74) is 0.